The Morgan fingerprint density at radius 1 is 1.21 bits per heavy atom. The maximum absolute atomic E-state index is 12.9. The van der Waals surface area contributed by atoms with E-state index >= 15 is 0 Å². The number of amides is 2. The number of pyridine rings is 1. The molecule has 2 aromatic heterocycles. The fraction of sp³-hybridized carbons (Fsp3) is 0.450. The van der Waals surface area contributed by atoms with Crippen LogP contribution in [0.5, 0.6) is 0 Å². The van der Waals surface area contributed by atoms with Gasteiger partial charge in [0.2, 0.25) is 5.91 Å². The Hall–Kier alpha value is -3.03. The average Bonchev–Trinajstić information content (AvgIpc) is 3.13. The summed E-state index contributed by atoms with van der Waals surface area (Å²) in [6.07, 6.45) is 7.99. The summed E-state index contributed by atoms with van der Waals surface area (Å²) in [7, 11) is 0. The van der Waals surface area contributed by atoms with Crippen molar-refractivity contribution in [2.75, 3.05) is 26.2 Å². The Bertz CT molecular complexity index is 927. The summed E-state index contributed by atoms with van der Waals surface area (Å²) in [6.45, 7) is 2.68. The fourth-order valence-electron chi connectivity index (χ4n) is 3.97. The zero-order chi connectivity index (χ0) is 19.5. The van der Waals surface area contributed by atoms with Gasteiger partial charge in [0.05, 0.1) is 0 Å². The van der Waals surface area contributed by atoms with Crippen LogP contribution >= 0.6 is 0 Å². The second kappa shape index (κ2) is 7.92. The number of aromatic nitrogens is 3. The molecule has 0 spiro atoms. The van der Waals surface area contributed by atoms with Gasteiger partial charge in [0.25, 0.3) is 11.5 Å². The highest BCUT2D eigenvalue weighted by Crippen LogP contribution is 2.21. The summed E-state index contributed by atoms with van der Waals surface area (Å²) in [4.78, 5) is 51.8. The molecule has 2 aromatic rings. The van der Waals surface area contributed by atoms with Gasteiger partial charge >= 0.3 is 0 Å². The molecule has 0 bridgehead atoms. The minimum atomic E-state index is -0.448. The molecule has 1 N–H and O–H groups in total. The van der Waals surface area contributed by atoms with Crippen molar-refractivity contribution in [3.8, 4) is 11.4 Å². The number of H-pyrrole nitrogens is 1. The summed E-state index contributed by atoms with van der Waals surface area (Å²) in [5.41, 5.74) is 0.285. The Labute approximate surface area is 162 Å². The molecule has 2 aliphatic rings. The summed E-state index contributed by atoms with van der Waals surface area (Å²) in [6, 6.07) is 3.55. The van der Waals surface area contributed by atoms with Crippen LogP contribution in [0.2, 0.25) is 0 Å². The van der Waals surface area contributed by atoms with Gasteiger partial charge in [0.1, 0.15) is 11.4 Å². The van der Waals surface area contributed by atoms with Gasteiger partial charge in [0.15, 0.2) is 0 Å². The van der Waals surface area contributed by atoms with Crippen molar-refractivity contribution < 1.29 is 9.59 Å². The predicted octanol–water partition coefficient (Wildman–Crippen LogP) is 1.31. The highest BCUT2D eigenvalue weighted by molar-refractivity contribution is 5.93. The molecule has 0 radical (unpaired) electrons. The molecule has 2 amide bonds. The van der Waals surface area contributed by atoms with Crippen molar-refractivity contribution in [1.29, 1.82) is 0 Å². The van der Waals surface area contributed by atoms with E-state index in [1.54, 1.807) is 29.4 Å². The van der Waals surface area contributed by atoms with Crippen LogP contribution in [0.15, 0.2) is 35.5 Å². The van der Waals surface area contributed by atoms with E-state index in [0.717, 1.165) is 25.8 Å². The number of piperidine rings is 1. The molecule has 146 valence electrons. The number of carbonyl (C=O) groups is 2. The van der Waals surface area contributed by atoms with Gasteiger partial charge in [0, 0.05) is 56.8 Å². The van der Waals surface area contributed by atoms with E-state index in [1.165, 1.54) is 6.20 Å². The molecule has 8 heteroatoms. The Morgan fingerprint density at radius 2 is 2.11 bits per heavy atom. The van der Waals surface area contributed by atoms with E-state index < -0.39 is 5.56 Å². The monoisotopic (exact) mass is 381 g/mol. The lowest BCUT2D eigenvalue weighted by Gasteiger charge is -2.34. The SMILES string of the molecule is O=C1CCCN1C[C@H]1CCCN(C(=O)c2cnc(-c3cccnc3)[nH]c2=O)C1. The van der Waals surface area contributed by atoms with Gasteiger partial charge in [-0.2, -0.15) is 0 Å². The number of likely N-dealkylation sites (tertiary alicyclic amines) is 2. The number of carbonyl (C=O) groups excluding carboxylic acids is 2. The smallest absolute Gasteiger partial charge is 0.264 e. The molecule has 1 atom stereocenters. The number of rotatable bonds is 4. The zero-order valence-electron chi connectivity index (χ0n) is 15.6. The van der Waals surface area contributed by atoms with E-state index in [0.29, 0.717) is 37.4 Å². The third-order valence-electron chi connectivity index (χ3n) is 5.42. The van der Waals surface area contributed by atoms with Crippen LogP contribution in [0.3, 0.4) is 0 Å². The molecule has 2 fully saturated rings. The molecule has 8 nitrogen and oxygen atoms in total. The summed E-state index contributed by atoms with van der Waals surface area (Å²) in [5, 5.41) is 0. The molecule has 0 aliphatic carbocycles. The minimum Gasteiger partial charge on any atom is -0.342 e. The molecule has 0 unspecified atom stereocenters. The highest BCUT2D eigenvalue weighted by atomic mass is 16.2. The van der Waals surface area contributed by atoms with E-state index in [2.05, 4.69) is 15.0 Å². The average molecular weight is 381 g/mol. The van der Waals surface area contributed by atoms with Crippen LogP contribution in [0.1, 0.15) is 36.0 Å². The first kappa shape index (κ1) is 18.3. The van der Waals surface area contributed by atoms with Gasteiger partial charge < -0.3 is 14.8 Å². The molecule has 4 rings (SSSR count). The number of hydrogen-bond acceptors (Lipinski definition) is 5. The first-order chi connectivity index (χ1) is 13.6. The number of aromatic amines is 1. The van der Waals surface area contributed by atoms with E-state index in [-0.39, 0.29) is 23.3 Å². The maximum Gasteiger partial charge on any atom is 0.264 e. The van der Waals surface area contributed by atoms with Crippen LogP contribution < -0.4 is 5.56 Å². The minimum absolute atomic E-state index is 0.0468. The normalized spacial score (nSPS) is 19.9. The zero-order valence-corrected chi connectivity index (χ0v) is 15.6. The van der Waals surface area contributed by atoms with Crippen LogP contribution in [0, 0.1) is 5.92 Å². The van der Waals surface area contributed by atoms with Crippen LogP contribution in [0.4, 0.5) is 0 Å². The first-order valence-electron chi connectivity index (χ1n) is 9.68. The third-order valence-corrected chi connectivity index (χ3v) is 5.42. The van der Waals surface area contributed by atoms with Gasteiger partial charge in [-0.25, -0.2) is 4.98 Å². The van der Waals surface area contributed by atoms with E-state index in [1.807, 2.05) is 4.90 Å². The van der Waals surface area contributed by atoms with Crippen molar-refractivity contribution in [3.63, 3.8) is 0 Å². The maximum atomic E-state index is 12.9. The molecular formula is C20H23N5O3. The molecule has 4 heterocycles. The lowest BCUT2D eigenvalue weighted by Crippen LogP contribution is -2.45. The van der Waals surface area contributed by atoms with Gasteiger partial charge in [-0.05, 0) is 37.3 Å². The standard InChI is InChI=1S/C20H23N5O3/c26-17-6-3-8-24(17)12-14-4-2-9-25(13-14)20(28)16-11-22-18(23-19(16)27)15-5-1-7-21-10-15/h1,5,7,10-11,14H,2-4,6,8-9,12-13H2,(H,22,23,27)/t14-/m1/s1. The van der Waals surface area contributed by atoms with E-state index in [9.17, 15) is 14.4 Å². The number of nitrogens with one attached hydrogen (secondary N) is 1. The molecule has 28 heavy (non-hydrogen) atoms. The van der Waals surface area contributed by atoms with Crippen molar-refractivity contribution in [2.24, 2.45) is 5.92 Å². The van der Waals surface area contributed by atoms with Crippen molar-refractivity contribution >= 4 is 11.8 Å². The third kappa shape index (κ3) is 3.81. The van der Waals surface area contributed by atoms with Crippen LogP contribution in [-0.2, 0) is 4.79 Å². The Balaban J connectivity index is 1.46. The lowest BCUT2D eigenvalue weighted by atomic mass is 9.97. The predicted molar refractivity (Wildman–Crippen MR) is 103 cm³/mol. The summed E-state index contributed by atoms with van der Waals surface area (Å²) >= 11 is 0. The molecule has 2 saturated heterocycles. The Morgan fingerprint density at radius 3 is 2.82 bits per heavy atom. The molecule has 0 aromatic carbocycles. The van der Waals surface area contributed by atoms with Gasteiger partial charge in [-0.15, -0.1) is 0 Å². The topological polar surface area (TPSA) is 99.3 Å². The number of hydrogen-bond donors (Lipinski definition) is 1. The quantitative estimate of drug-likeness (QED) is 0.861. The van der Waals surface area contributed by atoms with Gasteiger partial charge in [-0.3, -0.25) is 19.4 Å². The molecule has 2 aliphatic heterocycles. The van der Waals surface area contributed by atoms with E-state index in [4.69, 9.17) is 0 Å². The second-order valence-corrected chi connectivity index (χ2v) is 7.42. The summed E-state index contributed by atoms with van der Waals surface area (Å²) in [5.74, 6) is 0.541. The van der Waals surface area contributed by atoms with Crippen LogP contribution in [-0.4, -0.2) is 62.7 Å². The lowest BCUT2D eigenvalue weighted by molar-refractivity contribution is -0.128. The number of nitrogens with zero attached hydrogens (tertiary/aromatic N) is 4. The van der Waals surface area contributed by atoms with Gasteiger partial charge in [-0.1, -0.05) is 0 Å². The first-order valence-corrected chi connectivity index (χ1v) is 9.68. The Kier molecular flexibility index (Phi) is 5.18. The van der Waals surface area contributed by atoms with Crippen LogP contribution in [0.25, 0.3) is 11.4 Å². The van der Waals surface area contributed by atoms with Crippen molar-refractivity contribution in [2.45, 2.75) is 25.7 Å². The molecule has 0 saturated carbocycles. The highest BCUT2D eigenvalue weighted by Gasteiger charge is 2.29. The summed E-state index contributed by atoms with van der Waals surface area (Å²) < 4.78 is 0. The molecular weight excluding hydrogens is 358 g/mol. The van der Waals surface area contributed by atoms with Crippen molar-refractivity contribution in [1.82, 2.24) is 24.8 Å². The fourth-order valence-corrected chi connectivity index (χ4v) is 3.97. The largest absolute Gasteiger partial charge is 0.342 e. The second-order valence-electron chi connectivity index (χ2n) is 7.42. The van der Waals surface area contributed by atoms with Crippen molar-refractivity contribution in [3.05, 3.63) is 46.6 Å².